The highest BCUT2D eigenvalue weighted by Gasteiger charge is 2.08. The van der Waals surface area contributed by atoms with Gasteiger partial charge in [0.25, 0.3) is 0 Å². The first-order valence-corrected chi connectivity index (χ1v) is 7.56. The lowest BCUT2D eigenvalue weighted by molar-refractivity contribution is -0.116. The highest BCUT2D eigenvalue weighted by Crippen LogP contribution is 2.17. The molecule has 0 aliphatic heterocycles. The molecule has 0 bridgehead atoms. The Morgan fingerprint density at radius 3 is 2.58 bits per heavy atom. The summed E-state index contributed by atoms with van der Waals surface area (Å²) in [7, 11) is 0. The average Bonchev–Trinajstić information content (AvgIpc) is 2.58. The van der Waals surface area contributed by atoms with Crippen molar-refractivity contribution in [3.63, 3.8) is 0 Å². The summed E-state index contributed by atoms with van der Waals surface area (Å²) in [5.74, 6) is -0.692. The fourth-order valence-electron chi connectivity index (χ4n) is 2.01. The number of alkyl carbamates (subject to hydrolysis) is 1. The largest absolute Gasteiger partial charge is 0.445 e. The normalized spacial score (nSPS) is 10.1. The Balaban J connectivity index is 1.68. The van der Waals surface area contributed by atoms with Gasteiger partial charge in [-0.15, -0.1) is 0 Å². The number of nitrogens with one attached hydrogen (secondary N) is 2. The third-order valence-corrected chi connectivity index (χ3v) is 3.38. The first-order chi connectivity index (χ1) is 11.6. The Hall–Kier alpha value is -2.89. The minimum absolute atomic E-state index is 0.0659. The molecular weight excluding hydrogens is 311 g/mol. The summed E-state index contributed by atoms with van der Waals surface area (Å²) in [6.07, 6.45) is -0.523. The van der Waals surface area contributed by atoms with Crippen LogP contribution in [0, 0.1) is 12.7 Å². The van der Waals surface area contributed by atoms with Crippen molar-refractivity contribution in [3.8, 4) is 0 Å². The van der Waals surface area contributed by atoms with Gasteiger partial charge < -0.3 is 15.4 Å². The zero-order chi connectivity index (χ0) is 17.4. The average molecular weight is 330 g/mol. The molecule has 2 amide bonds. The Labute approximate surface area is 139 Å². The lowest BCUT2D eigenvalue weighted by atomic mass is 10.2. The molecule has 2 rings (SSSR count). The molecule has 24 heavy (non-hydrogen) atoms. The molecule has 0 radical (unpaired) electrons. The van der Waals surface area contributed by atoms with Crippen LogP contribution in [0.5, 0.6) is 0 Å². The van der Waals surface area contributed by atoms with E-state index in [1.54, 1.807) is 13.0 Å². The number of hydrogen-bond donors (Lipinski definition) is 2. The van der Waals surface area contributed by atoms with Crippen molar-refractivity contribution < 1.29 is 18.7 Å². The van der Waals surface area contributed by atoms with Crippen molar-refractivity contribution in [2.45, 2.75) is 20.0 Å². The fourth-order valence-corrected chi connectivity index (χ4v) is 2.01. The monoisotopic (exact) mass is 330 g/mol. The number of rotatable bonds is 6. The van der Waals surface area contributed by atoms with E-state index in [0.29, 0.717) is 11.3 Å². The van der Waals surface area contributed by atoms with E-state index in [2.05, 4.69) is 10.6 Å². The summed E-state index contributed by atoms with van der Waals surface area (Å²) >= 11 is 0. The van der Waals surface area contributed by atoms with Gasteiger partial charge in [-0.2, -0.15) is 0 Å². The number of ether oxygens (including phenoxy) is 1. The van der Waals surface area contributed by atoms with Crippen LogP contribution in [-0.4, -0.2) is 18.5 Å². The molecule has 0 aliphatic rings. The molecule has 0 heterocycles. The summed E-state index contributed by atoms with van der Waals surface area (Å²) in [6.45, 7) is 1.89. The lowest BCUT2D eigenvalue weighted by Crippen LogP contribution is -2.28. The third kappa shape index (κ3) is 5.39. The summed E-state index contributed by atoms with van der Waals surface area (Å²) in [5, 5.41) is 5.11. The van der Waals surface area contributed by atoms with Crippen LogP contribution in [0.2, 0.25) is 0 Å². The van der Waals surface area contributed by atoms with Crippen molar-refractivity contribution in [1.82, 2.24) is 5.32 Å². The van der Waals surface area contributed by atoms with E-state index in [-0.39, 0.29) is 31.3 Å². The molecule has 0 aromatic heterocycles. The SMILES string of the molecule is Cc1c(F)cccc1NC(=O)CCNC(=O)OCc1ccccc1. The molecule has 6 heteroatoms. The van der Waals surface area contributed by atoms with Crippen LogP contribution in [0.15, 0.2) is 48.5 Å². The lowest BCUT2D eigenvalue weighted by Gasteiger charge is -2.10. The smallest absolute Gasteiger partial charge is 0.407 e. The molecular formula is C18H19FN2O3. The second-order valence-electron chi connectivity index (χ2n) is 5.20. The molecule has 5 nitrogen and oxygen atoms in total. The zero-order valence-electron chi connectivity index (χ0n) is 13.3. The molecule has 0 atom stereocenters. The van der Waals surface area contributed by atoms with Gasteiger partial charge in [0.05, 0.1) is 0 Å². The van der Waals surface area contributed by atoms with Gasteiger partial charge in [0.1, 0.15) is 12.4 Å². The van der Waals surface area contributed by atoms with Gasteiger partial charge in [-0.1, -0.05) is 36.4 Å². The van der Waals surface area contributed by atoms with Crippen LogP contribution >= 0.6 is 0 Å². The van der Waals surface area contributed by atoms with Crippen LogP contribution in [0.1, 0.15) is 17.5 Å². The predicted molar refractivity (Wildman–Crippen MR) is 89.0 cm³/mol. The van der Waals surface area contributed by atoms with Gasteiger partial charge in [-0.05, 0) is 24.6 Å². The van der Waals surface area contributed by atoms with Crippen LogP contribution in [0.25, 0.3) is 0 Å². The van der Waals surface area contributed by atoms with E-state index >= 15 is 0 Å². The number of amides is 2. The van der Waals surface area contributed by atoms with E-state index in [1.807, 2.05) is 30.3 Å². The summed E-state index contributed by atoms with van der Waals surface area (Å²) in [5.41, 5.74) is 1.68. The number of anilines is 1. The van der Waals surface area contributed by atoms with Crippen LogP contribution in [0.3, 0.4) is 0 Å². The van der Waals surface area contributed by atoms with Gasteiger partial charge in [0, 0.05) is 24.2 Å². The maximum absolute atomic E-state index is 13.4. The van der Waals surface area contributed by atoms with Crippen molar-refractivity contribution in [3.05, 3.63) is 65.5 Å². The van der Waals surface area contributed by atoms with Crippen LogP contribution in [-0.2, 0) is 16.1 Å². The second kappa shape index (κ2) is 8.67. The van der Waals surface area contributed by atoms with Crippen molar-refractivity contribution >= 4 is 17.7 Å². The Morgan fingerprint density at radius 2 is 1.83 bits per heavy atom. The molecule has 0 aliphatic carbocycles. The maximum atomic E-state index is 13.4. The van der Waals surface area contributed by atoms with E-state index < -0.39 is 6.09 Å². The summed E-state index contributed by atoms with van der Waals surface area (Å²) in [6, 6.07) is 13.8. The van der Waals surface area contributed by atoms with E-state index in [4.69, 9.17) is 4.74 Å². The van der Waals surface area contributed by atoms with Gasteiger partial charge in [-0.25, -0.2) is 9.18 Å². The number of hydrogen-bond acceptors (Lipinski definition) is 3. The second-order valence-corrected chi connectivity index (χ2v) is 5.20. The number of carbonyl (C=O) groups excluding carboxylic acids is 2. The summed E-state index contributed by atoms with van der Waals surface area (Å²) < 4.78 is 18.4. The van der Waals surface area contributed by atoms with Crippen molar-refractivity contribution in [1.29, 1.82) is 0 Å². The van der Waals surface area contributed by atoms with Crippen LogP contribution in [0.4, 0.5) is 14.9 Å². The zero-order valence-corrected chi connectivity index (χ0v) is 13.3. The molecule has 0 spiro atoms. The minimum atomic E-state index is -0.589. The molecule has 2 aromatic rings. The minimum Gasteiger partial charge on any atom is -0.445 e. The Morgan fingerprint density at radius 1 is 1.08 bits per heavy atom. The number of benzene rings is 2. The number of carbonyl (C=O) groups is 2. The molecule has 0 saturated carbocycles. The number of halogens is 1. The highest BCUT2D eigenvalue weighted by atomic mass is 19.1. The molecule has 0 saturated heterocycles. The summed E-state index contributed by atoms with van der Waals surface area (Å²) in [4.78, 5) is 23.4. The van der Waals surface area contributed by atoms with Crippen LogP contribution < -0.4 is 10.6 Å². The highest BCUT2D eigenvalue weighted by molar-refractivity contribution is 5.91. The first kappa shape index (κ1) is 17.5. The molecule has 2 aromatic carbocycles. The molecule has 0 unspecified atom stereocenters. The maximum Gasteiger partial charge on any atom is 0.407 e. The molecule has 126 valence electrons. The van der Waals surface area contributed by atoms with E-state index in [0.717, 1.165) is 5.56 Å². The fraction of sp³-hybridized carbons (Fsp3) is 0.222. The van der Waals surface area contributed by atoms with Gasteiger partial charge in [0.15, 0.2) is 0 Å². The third-order valence-electron chi connectivity index (χ3n) is 3.38. The van der Waals surface area contributed by atoms with E-state index in [1.165, 1.54) is 12.1 Å². The Kier molecular flexibility index (Phi) is 6.31. The Bertz CT molecular complexity index is 705. The van der Waals surface area contributed by atoms with Gasteiger partial charge in [-0.3, -0.25) is 4.79 Å². The standard InChI is InChI=1S/C18H19FN2O3/c1-13-15(19)8-5-9-16(13)21-17(22)10-11-20-18(23)24-12-14-6-3-2-4-7-14/h2-9H,10-12H2,1H3,(H,20,23)(H,21,22). The van der Waals surface area contributed by atoms with E-state index in [9.17, 15) is 14.0 Å². The molecule has 0 fully saturated rings. The molecule has 2 N–H and O–H groups in total. The van der Waals surface area contributed by atoms with Crippen molar-refractivity contribution in [2.24, 2.45) is 0 Å². The predicted octanol–water partition coefficient (Wildman–Crippen LogP) is 3.39. The quantitative estimate of drug-likeness (QED) is 0.853. The topological polar surface area (TPSA) is 67.4 Å². The van der Waals surface area contributed by atoms with Gasteiger partial charge >= 0.3 is 6.09 Å². The van der Waals surface area contributed by atoms with Crippen molar-refractivity contribution in [2.75, 3.05) is 11.9 Å². The first-order valence-electron chi connectivity index (χ1n) is 7.56. The van der Waals surface area contributed by atoms with Gasteiger partial charge in [0.2, 0.25) is 5.91 Å².